The van der Waals surface area contributed by atoms with Crippen molar-refractivity contribution >= 4 is 31.9 Å². The van der Waals surface area contributed by atoms with Gasteiger partial charge >= 0.3 is 0 Å². The largest absolute Gasteiger partial charge is 0.250 e. The normalized spacial score (nSPS) is 11.8. The molecule has 0 aliphatic carbocycles. The maximum atomic E-state index is 13.6. The van der Waals surface area contributed by atoms with Crippen molar-refractivity contribution in [1.29, 1.82) is 0 Å². The molecule has 3 nitrogen and oxygen atoms in total. The van der Waals surface area contributed by atoms with Crippen molar-refractivity contribution in [2.45, 2.75) is 31.7 Å². The van der Waals surface area contributed by atoms with E-state index in [1.807, 2.05) is 10.7 Å². The highest BCUT2D eigenvalue weighted by atomic mass is 79.9. The molecule has 0 fully saturated rings. The molecule has 114 valence electrons. The second-order valence-corrected chi connectivity index (χ2v) is 6.26. The van der Waals surface area contributed by atoms with Crippen molar-refractivity contribution in [3.8, 4) is 0 Å². The van der Waals surface area contributed by atoms with E-state index >= 15 is 0 Å². The molecule has 0 aliphatic rings. The van der Waals surface area contributed by atoms with Crippen LogP contribution in [0.25, 0.3) is 0 Å². The third-order valence-electron chi connectivity index (χ3n) is 3.58. The first-order valence-electron chi connectivity index (χ1n) is 6.90. The number of nitrogens with zero attached hydrogens (tertiary/aromatic N) is 3. The Bertz CT molecular complexity index is 582. The van der Waals surface area contributed by atoms with Crippen molar-refractivity contribution in [1.82, 2.24) is 14.8 Å². The molecule has 0 saturated heterocycles. The number of benzene rings is 1. The molecule has 0 radical (unpaired) electrons. The molecule has 1 aromatic heterocycles. The number of aryl methyl sites for hydroxylation is 1. The Kier molecular flexibility index (Phi) is 5.93. The van der Waals surface area contributed by atoms with Crippen LogP contribution in [0.5, 0.6) is 0 Å². The lowest BCUT2D eigenvalue weighted by Gasteiger charge is -2.30. The predicted molar refractivity (Wildman–Crippen MR) is 89.7 cm³/mol. The summed E-state index contributed by atoms with van der Waals surface area (Å²) in [7, 11) is 0. The lowest BCUT2D eigenvalue weighted by Crippen LogP contribution is -2.34. The minimum atomic E-state index is -0.249. The number of halogens is 3. The quantitative estimate of drug-likeness (QED) is 0.633. The summed E-state index contributed by atoms with van der Waals surface area (Å²) in [5.41, 5.74) is 0.711. The Balaban J connectivity index is 2.36. The molecular formula is C15H18Br2FN3. The number of aromatic nitrogens is 3. The van der Waals surface area contributed by atoms with Crippen LogP contribution in [-0.2, 0) is 18.4 Å². The smallest absolute Gasteiger partial charge is 0.138 e. The average Bonchev–Trinajstić information content (AvgIpc) is 2.92. The molecule has 1 aromatic carbocycles. The van der Waals surface area contributed by atoms with Gasteiger partial charge in [-0.25, -0.2) is 9.37 Å². The molecule has 0 saturated carbocycles. The van der Waals surface area contributed by atoms with Crippen LogP contribution in [0.15, 0.2) is 30.6 Å². The Morgan fingerprint density at radius 1 is 1.29 bits per heavy atom. The fourth-order valence-corrected chi connectivity index (χ4v) is 4.30. The van der Waals surface area contributed by atoms with Gasteiger partial charge in [0.05, 0.1) is 0 Å². The number of rotatable bonds is 7. The third-order valence-corrected chi connectivity index (χ3v) is 5.72. The van der Waals surface area contributed by atoms with E-state index in [-0.39, 0.29) is 11.2 Å². The molecule has 0 amide bonds. The fraction of sp³-hybridized carbons (Fsp3) is 0.467. The zero-order valence-corrected chi connectivity index (χ0v) is 15.1. The lowest BCUT2D eigenvalue weighted by atomic mass is 9.81. The van der Waals surface area contributed by atoms with Crippen LogP contribution in [0, 0.1) is 5.82 Å². The highest BCUT2D eigenvalue weighted by molar-refractivity contribution is 9.09. The molecule has 2 rings (SSSR count). The van der Waals surface area contributed by atoms with Crippen molar-refractivity contribution in [3.05, 3.63) is 47.8 Å². The number of hydrogen-bond acceptors (Lipinski definition) is 2. The molecule has 0 N–H and O–H groups in total. The Labute approximate surface area is 141 Å². The Hall–Kier alpha value is -0.750. The SMILES string of the molecule is CCCn1ncnc1CC(CBr)(CBr)c1cccc(F)c1. The van der Waals surface area contributed by atoms with Crippen LogP contribution in [0.3, 0.4) is 0 Å². The van der Waals surface area contributed by atoms with Gasteiger partial charge in [0.25, 0.3) is 0 Å². The summed E-state index contributed by atoms with van der Waals surface area (Å²) in [6, 6.07) is 6.78. The minimum absolute atomic E-state index is 0.214. The van der Waals surface area contributed by atoms with Crippen molar-refractivity contribution < 1.29 is 4.39 Å². The van der Waals surface area contributed by atoms with E-state index < -0.39 is 0 Å². The zero-order chi connectivity index (χ0) is 15.3. The van der Waals surface area contributed by atoms with Gasteiger partial charge in [0.15, 0.2) is 0 Å². The van der Waals surface area contributed by atoms with Crippen LogP contribution in [0.2, 0.25) is 0 Å². The van der Waals surface area contributed by atoms with E-state index in [4.69, 9.17) is 0 Å². The second-order valence-electron chi connectivity index (χ2n) is 5.13. The first-order valence-corrected chi connectivity index (χ1v) is 9.14. The average molecular weight is 419 g/mol. The molecule has 6 heteroatoms. The van der Waals surface area contributed by atoms with Gasteiger partial charge in [-0.2, -0.15) is 5.10 Å². The van der Waals surface area contributed by atoms with Crippen LogP contribution in [0.4, 0.5) is 4.39 Å². The molecule has 21 heavy (non-hydrogen) atoms. The van der Waals surface area contributed by atoms with Crippen LogP contribution >= 0.6 is 31.9 Å². The maximum Gasteiger partial charge on any atom is 0.138 e. The van der Waals surface area contributed by atoms with Crippen LogP contribution in [-0.4, -0.2) is 25.4 Å². The molecule has 0 bridgehead atoms. The van der Waals surface area contributed by atoms with Gasteiger partial charge in [0, 0.05) is 29.0 Å². The van der Waals surface area contributed by atoms with Crippen molar-refractivity contribution in [3.63, 3.8) is 0 Å². The summed E-state index contributed by atoms with van der Waals surface area (Å²) >= 11 is 7.19. The summed E-state index contributed by atoms with van der Waals surface area (Å²) in [6.07, 6.45) is 3.29. The first kappa shape index (κ1) is 16.6. The van der Waals surface area contributed by atoms with E-state index in [0.717, 1.165) is 24.4 Å². The van der Waals surface area contributed by atoms with Gasteiger partial charge in [0.2, 0.25) is 0 Å². The third kappa shape index (κ3) is 3.72. The molecule has 1 heterocycles. The molecule has 0 unspecified atom stereocenters. The van der Waals surface area contributed by atoms with E-state index in [0.29, 0.717) is 17.1 Å². The lowest BCUT2D eigenvalue weighted by molar-refractivity contribution is 0.486. The van der Waals surface area contributed by atoms with Gasteiger partial charge in [-0.05, 0) is 24.1 Å². The summed E-state index contributed by atoms with van der Waals surface area (Å²) in [5.74, 6) is 0.716. The van der Waals surface area contributed by atoms with Gasteiger partial charge in [-0.15, -0.1) is 0 Å². The van der Waals surface area contributed by atoms with E-state index in [1.165, 1.54) is 6.07 Å². The summed E-state index contributed by atoms with van der Waals surface area (Å²) in [4.78, 5) is 4.38. The second kappa shape index (κ2) is 7.49. The molecule has 0 spiro atoms. The highest BCUT2D eigenvalue weighted by Gasteiger charge is 2.32. The van der Waals surface area contributed by atoms with Gasteiger partial charge in [0.1, 0.15) is 18.0 Å². The van der Waals surface area contributed by atoms with E-state index in [1.54, 1.807) is 18.5 Å². The summed E-state index contributed by atoms with van der Waals surface area (Å²) < 4.78 is 15.5. The molecular weight excluding hydrogens is 401 g/mol. The Morgan fingerprint density at radius 2 is 2.05 bits per heavy atom. The van der Waals surface area contributed by atoms with Crippen LogP contribution in [0.1, 0.15) is 24.7 Å². The van der Waals surface area contributed by atoms with E-state index in [2.05, 4.69) is 48.9 Å². The monoisotopic (exact) mass is 417 g/mol. The molecule has 0 atom stereocenters. The van der Waals surface area contributed by atoms with Crippen molar-refractivity contribution in [2.24, 2.45) is 0 Å². The fourth-order valence-electron chi connectivity index (χ4n) is 2.33. The Morgan fingerprint density at radius 3 is 2.67 bits per heavy atom. The maximum absolute atomic E-state index is 13.6. The van der Waals surface area contributed by atoms with E-state index in [9.17, 15) is 4.39 Å². The van der Waals surface area contributed by atoms with Gasteiger partial charge < -0.3 is 0 Å². The van der Waals surface area contributed by atoms with Gasteiger partial charge in [-0.1, -0.05) is 50.9 Å². The zero-order valence-electron chi connectivity index (χ0n) is 11.9. The summed E-state index contributed by atoms with van der Waals surface area (Å²) in [5, 5.41) is 5.70. The number of alkyl halides is 2. The highest BCUT2D eigenvalue weighted by Crippen LogP contribution is 2.32. The molecule has 2 aromatic rings. The molecule has 0 aliphatic heterocycles. The minimum Gasteiger partial charge on any atom is -0.250 e. The standard InChI is InChI=1S/C15H18Br2FN3/c1-2-6-21-14(19-11-20-21)8-15(9-16,10-17)12-4-3-5-13(18)7-12/h3-5,7,11H,2,6,8-10H2,1H3. The summed E-state index contributed by atoms with van der Waals surface area (Å²) in [6.45, 7) is 2.96. The topological polar surface area (TPSA) is 30.7 Å². The first-order chi connectivity index (χ1) is 10.1. The predicted octanol–water partition coefficient (Wildman–Crippen LogP) is 4.10. The van der Waals surface area contributed by atoms with Crippen LogP contribution < -0.4 is 0 Å². The van der Waals surface area contributed by atoms with Crippen molar-refractivity contribution in [2.75, 3.05) is 10.7 Å². The van der Waals surface area contributed by atoms with Gasteiger partial charge in [-0.3, -0.25) is 4.68 Å². The number of hydrogen-bond donors (Lipinski definition) is 0.